The molecule has 0 aliphatic carbocycles. The third-order valence-corrected chi connectivity index (χ3v) is 2.99. The summed E-state index contributed by atoms with van der Waals surface area (Å²) in [6.45, 7) is 7.49. The molecule has 0 saturated heterocycles. The van der Waals surface area contributed by atoms with E-state index < -0.39 is 0 Å². The first-order valence-corrected chi connectivity index (χ1v) is 7.06. The first-order valence-electron chi connectivity index (χ1n) is 7.06. The van der Waals surface area contributed by atoms with Gasteiger partial charge in [-0.25, -0.2) is 0 Å². The van der Waals surface area contributed by atoms with Crippen LogP contribution in [0.25, 0.3) is 0 Å². The Morgan fingerprint density at radius 1 is 1.35 bits per heavy atom. The van der Waals surface area contributed by atoms with E-state index in [4.69, 9.17) is 4.74 Å². The summed E-state index contributed by atoms with van der Waals surface area (Å²) < 4.78 is 5.76. The standard InChI is InChI=1S/C16H26N2O2/c1-12(2)17-11-14-10-13(3)6-7-15(14)20-9-8-16(19)18(4)5/h6-7,10,12,17H,8-9,11H2,1-5H3. The Hall–Kier alpha value is -1.55. The van der Waals surface area contributed by atoms with Gasteiger partial charge >= 0.3 is 0 Å². The van der Waals surface area contributed by atoms with Gasteiger partial charge in [-0.15, -0.1) is 0 Å². The van der Waals surface area contributed by atoms with Gasteiger partial charge in [-0.2, -0.15) is 0 Å². The third kappa shape index (κ3) is 5.61. The molecular weight excluding hydrogens is 252 g/mol. The lowest BCUT2D eigenvalue weighted by atomic mass is 10.1. The first kappa shape index (κ1) is 16.5. The zero-order valence-corrected chi connectivity index (χ0v) is 13.2. The highest BCUT2D eigenvalue weighted by molar-refractivity contribution is 5.75. The van der Waals surface area contributed by atoms with Crippen molar-refractivity contribution in [1.29, 1.82) is 0 Å². The number of ether oxygens (including phenoxy) is 1. The fraction of sp³-hybridized carbons (Fsp3) is 0.562. The molecule has 112 valence electrons. The number of benzene rings is 1. The van der Waals surface area contributed by atoms with Gasteiger partial charge in [0.25, 0.3) is 0 Å². The van der Waals surface area contributed by atoms with Crippen molar-refractivity contribution < 1.29 is 9.53 Å². The van der Waals surface area contributed by atoms with E-state index in [2.05, 4.69) is 32.2 Å². The Bertz CT molecular complexity index is 442. The monoisotopic (exact) mass is 278 g/mol. The summed E-state index contributed by atoms with van der Waals surface area (Å²) in [5, 5.41) is 3.39. The van der Waals surface area contributed by atoms with Gasteiger partial charge < -0.3 is 15.0 Å². The summed E-state index contributed by atoms with van der Waals surface area (Å²) in [5.74, 6) is 0.939. The predicted molar refractivity (Wildman–Crippen MR) is 82.0 cm³/mol. The molecule has 4 heteroatoms. The second kappa shape index (κ2) is 7.90. The van der Waals surface area contributed by atoms with Gasteiger partial charge in [0.2, 0.25) is 5.91 Å². The van der Waals surface area contributed by atoms with E-state index in [0.29, 0.717) is 19.1 Å². The maximum atomic E-state index is 11.5. The van der Waals surface area contributed by atoms with Gasteiger partial charge in [-0.05, 0) is 13.0 Å². The lowest BCUT2D eigenvalue weighted by Crippen LogP contribution is -2.24. The van der Waals surface area contributed by atoms with Crippen molar-refractivity contribution in [3.63, 3.8) is 0 Å². The topological polar surface area (TPSA) is 41.6 Å². The SMILES string of the molecule is Cc1ccc(OCCC(=O)N(C)C)c(CNC(C)C)c1. The van der Waals surface area contributed by atoms with Crippen LogP contribution in [-0.4, -0.2) is 37.6 Å². The van der Waals surface area contributed by atoms with Crippen LogP contribution in [0, 0.1) is 6.92 Å². The number of aryl methyl sites for hydroxylation is 1. The maximum Gasteiger partial charge on any atom is 0.225 e. The smallest absolute Gasteiger partial charge is 0.225 e. The molecular formula is C16H26N2O2. The van der Waals surface area contributed by atoms with E-state index in [0.717, 1.165) is 17.9 Å². The van der Waals surface area contributed by atoms with E-state index in [1.54, 1.807) is 19.0 Å². The molecule has 0 heterocycles. The average Bonchev–Trinajstić information content (AvgIpc) is 2.38. The fourth-order valence-corrected chi connectivity index (χ4v) is 1.77. The summed E-state index contributed by atoms with van der Waals surface area (Å²) in [6, 6.07) is 6.56. The van der Waals surface area contributed by atoms with E-state index in [1.165, 1.54) is 5.56 Å². The number of amides is 1. The summed E-state index contributed by atoms with van der Waals surface area (Å²) in [7, 11) is 3.51. The Balaban J connectivity index is 2.61. The molecule has 0 radical (unpaired) electrons. The van der Waals surface area contributed by atoms with E-state index in [1.807, 2.05) is 12.1 Å². The molecule has 1 aromatic carbocycles. The van der Waals surface area contributed by atoms with E-state index in [-0.39, 0.29) is 5.91 Å². The number of rotatable bonds is 7. The second-order valence-electron chi connectivity index (χ2n) is 5.53. The average molecular weight is 278 g/mol. The Labute approximate surface area is 122 Å². The minimum atomic E-state index is 0.0824. The quantitative estimate of drug-likeness (QED) is 0.832. The van der Waals surface area contributed by atoms with Crippen LogP contribution < -0.4 is 10.1 Å². The molecule has 1 amide bonds. The fourth-order valence-electron chi connectivity index (χ4n) is 1.77. The van der Waals surface area contributed by atoms with Gasteiger partial charge in [0.05, 0.1) is 13.0 Å². The minimum Gasteiger partial charge on any atom is -0.493 e. The molecule has 0 unspecified atom stereocenters. The number of carbonyl (C=O) groups excluding carboxylic acids is 1. The Kier molecular flexibility index (Phi) is 6.52. The van der Waals surface area contributed by atoms with Crippen LogP contribution in [0.4, 0.5) is 0 Å². The molecule has 0 aliphatic heterocycles. The zero-order valence-electron chi connectivity index (χ0n) is 13.2. The third-order valence-electron chi connectivity index (χ3n) is 2.99. The van der Waals surface area contributed by atoms with Crippen LogP contribution in [-0.2, 0) is 11.3 Å². The number of hydrogen-bond donors (Lipinski definition) is 1. The highest BCUT2D eigenvalue weighted by Crippen LogP contribution is 2.20. The van der Waals surface area contributed by atoms with Crippen LogP contribution in [0.15, 0.2) is 18.2 Å². The predicted octanol–water partition coefficient (Wildman–Crippen LogP) is 2.35. The number of carbonyl (C=O) groups is 1. The van der Waals surface area contributed by atoms with Crippen LogP contribution in [0.5, 0.6) is 5.75 Å². The highest BCUT2D eigenvalue weighted by atomic mass is 16.5. The van der Waals surface area contributed by atoms with Crippen LogP contribution >= 0.6 is 0 Å². The molecule has 0 saturated carbocycles. The van der Waals surface area contributed by atoms with Crippen molar-refractivity contribution in [2.24, 2.45) is 0 Å². The van der Waals surface area contributed by atoms with Gasteiger partial charge in [-0.1, -0.05) is 31.5 Å². The lowest BCUT2D eigenvalue weighted by molar-refractivity contribution is -0.129. The Morgan fingerprint density at radius 2 is 2.05 bits per heavy atom. The largest absolute Gasteiger partial charge is 0.493 e. The summed E-state index contributed by atoms with van der Waals surface area (Å²) in [6.07, 6.45) is 0.401. The van der Waals surface area contributed by atoms with Crippen LogP contribution in [0.3, 0.4) is 0 Å². The van der Waals surface area contributed by atoms with Crippen molar-refractivity contribution >= 4 is 5.91 Å². The number of nitrogens with zero attached hydrogens (tertiary/aromatic N) is 1. The van der Waals surface area contributed by atoms with Crippen LogP contribution in [0.2, 0.25) is 0 Å². The molecule has 4 nitrogen and oxygen atoms in total. The van der Waals surface area contributed by atoms with Gasteiger partial charge in [0.1, 0.15) is 5.75 Å². The van der Waals surface area contributed by atoms with Crippen molar-refractivity contribution in [2.45, 2.75) is 39.8 Å². The molecule has 0 spiro atoms. The molecule has 0 aliphatic rings. The van der Waals surface area contributed by atoms with E-state index in [9.17, 15) is 4.79 Å². The zero-order chi connectivity index (χ0) is 15.1. The second-order valence-corrected chi connectivity index (χ2v) is 5.53. The maximum absolute atomic E-state index is 11.5. The Morgan fingerprint density at radius 3 is 2.65 bits per heavy atom. The minimum absolute atomic E-state index is 0.0824. The van der Waals surface area contributed by atoms with Gasteiger partial charge in [0, 0.05) is 32.2 Å². The lowest BCUT2D eigenvalue weighted by Gasteiger charge is -2.15. The molecule has 1 N–H and O–H groups in total. The summed E-state index contributed by atoms with van der Waals surface area (Å²) >= 11 is 0. The molecule has 0 aromatic heterocycles. The van der Waals surface area contributed by atoms with Crippen molar-refractivity contribution in [2.75, 3.05) is 20.7 Å². The van der Waals surface area contributed by atoms with Gasteiger partial charge in [-0.3, -0.25) is 4.79 Å². The van der Waals surface area contributed by atoms with Crippen molar-refractivity contribution in [1.82, 2.24) is 10.2 Å². The van der Waals surface area contributed by atoms with E-state index >= 15 is 0 Å². The normalized spacial score (nSPS) is 10.7. The van der Waals surface area contributed by atoms with Gasteiger partial charge in [0.15, 0.2) is 0 Å². The molecule has 1 rings (SSSR count). The first-order chi connectivity index (χ1) is 9.40. The summed E-state index contributed by atoms with van der Waals surface area (Å²) in [5.41, 5.74) is 2.35. The highest BCUT2D eigenvalue weighted by Gasteiger charge is 2.08. The molecule has 0 fully saturated rings. The molecule has 1 aromatic rings. The summed E-state index contributed by atoms with van der Waals surface area (Å²) in [4.78, 5) is 13.1. The van der Waals surface area contributed by atoms with Crippen molar-refractivity contribution in [3.05, 3.63) is 29.3 Å². The van der Waals surface area contributed by atoms with Crippen LogP contribution in [0.1, 0.15) is 31.4 Å². The molecule has 0 atom stereocenters. The molecule has 0 bridgehead atoms. The number of nitrogens with one attached hydrogen (secondary N) is 1. The van der Waals surface area contributed by atoms with Crippen molar-refractivity contribution in [3.8, 4) is 5.75 Å². The molecule has 20 heavy (non-hydrogen) atoms. The number of hydrogen-bond acceptors (Lipinski definition) is 3.